The van der Waals surface area contributed by atoms with E-state index in [-0.39, 0.29) is 11.2 Å². The molecule has 0 N–H and O–H groups in total. The molecular weight excluding hydrogens is 416 g/mol. The molecule has 31 heavy (non-hydrogen) atoms. The first-order valence-corrected chi connectivity index (χ1v) is 11.1. The van der Waals surface area contributed by atoms with E-state index in [1.54, 1.807) is 0 Å². The maximum absolute atomic E-state index is 13.7. The number of amides is 2. The number of nitriles is 1. The Bertz CT molecular complexity index is 1110. The van der Waals surface area contributed by atoms with Gasteiger partial charge in [0.2, 0.25) is 0 Å². The number of thiazole rings is 1. The summed E-state index contributed by atoms with van der Waals surface area (Å²) >= 11 is 1.37. The molecule has 2 aromatic rings. The Morgan fingerprint density at radius 1 is 1.35 bits per heavy atom. The number of carbonyl (C=O) groups is 2. The second-order valence-corrected chi connectivity index (χ2v) is 10.2. The van der Waals surface area contributed by atoms with E-state index in [4.69, 9.17) is 14.5 Å². The molecule has 3 aliphatic rings. The van der Waals surface area contributed by atoms with Gasteiger partial charge in [0.05, 0.1) is 23.4 Å². The first-order valence-electron chi connectivity index (χ1n) is 10.2. The lowest BCUT2D eigenvalue weighted by molar-refractivity contribution is 0.0292. The fraction of sp³-hybridized carbons (Fsp3) is 0.455. The summed E-state index contributed by atoms with van der Waals surface area (Å²) in [5, 5.41) is 12.0. The van der Waals surface area contributed by atoms with Crippen LogP contribution in [0.2, 0.25) is 0 Å². The monoisotopic (exact) mass is 439 g/mol. The minimum absolute atomic E-state index is 0.0240. The topological polar surface area (TPSA) is 92.5 Å². The first kappa shape index (κ1) is 20.0. The molecule has 0 spiro atoms. The summed E-state index contributed by atoms with van der Waals surface area (Å²) in [7, 11) is 0. The molecule has 0 radical (unpaired) electrons. The molecule has 3 heterocycles. The zero-order chi connectivity index (χ0) is 22.0. The number of hydrogen-bond acceptors (Lipinski definition) is 7. The van der Waals surface area contributed by atoms with Crippen LogP contribution in [-0.4, -0.2) is 40.9 Å². The summed E-state index contributed by atoms with van der Waals surface area (Å²) in [6, 6.07) is 9.88. The molecule has 2 aliphatic heterocycles. The van der Waals surface area contributed by atoms with E-state index >= 15 is 0 Å². The number of hydrogen-bond donors (Lipinski definition) is 0. The summed E-state index contributed by atoms with van der Waals surface area (Å²) in [5.74, 6) is 0.497. The number of carbonyl (C=O) groups excluding carboxylic acids is 2. The molecule has 160 valence electrons. The van der Waals surface area contributed by atoms with E-state index < -0.39 is 29.3 Å². The first-order chi connectivity index (χ1) is 14.7. The van der Waals surface area contributed by atoms with Gasteiger partial charge in [0.1, 0.15) is 10.6 Å². The molecule has 4 bridgehead atoms. The van der Waals surface area contributed by atoms with Gasteiger partial charge in [-0.05, 0) is 39.2 Å². The number of ether oxygens (including phenoxy) is 2. The third-order valence-electron chi connectivity index (χ3n) is 5.98. The molecule has 8 nitrogen and oxygen atoms in total. The third-order valence-corrected chi connectivity index (χ3v) is 6.90. The van der Waals surface area contributed by atoms with Crippen molar-refractivity contribution in [3.8, 4) is 6.07 Å². The van der Waals surface area contributed by atoms with Crippen LogP contribution < -0.4 is 4.48 Å². The number of nitrogens with zero attached hydrogens (tertiary/aromatic N) is 4. The average molecular weight is 440 g/mol. The number of rotatable bonds is 2. The maximum atomic E-state index is 13.7. The molecule has 5 rings (SSSR count). The van der Waals surface area contributed by atoms with Crippen molar-refractivity contribution in [2.45, 2.75) is 50.7 Å². The lowest BCUT2D eigenvalue weighted by Gasteiger charge is -2.36. The Hall–Kier alpha value is -2.96. The normalized spacial score (nSPS) is 25.8. The second kappa shape index (κ2) is 6.52. The fourth-order valence-electron chi connectivity index (χ4n) is 4.12. The number of benzene rings is 1. The van der Waals surface area contributed by atoms with Gasteiger partial charge in [-0.3, -0.25) is 4.90 Å². The van der Waals surface area contributed by atoms with Crippen molar-refractivity contribution in [2.24, 2.45) is 0 Å². The standard InChI is InChI=1S/C22H23N4O4S/c1-21(2,3)30-20(28)26(15-6-4-14(5-7-15)22(12-23)8-9-22)13-25-10-16(29-19(25)27)18-24-17(26)11-31-18/h4-7,11,16H,8-10,13H2,1-3H3/q+1/t16?,26-/m0/s1. The van der Waals surface area contributed by atoms with Gasteiger partial charge in [0.15, 0.2) is 18.5 Å². The highest BCUT2D eigenvalue weighted by molar-refractivity contribution is 7.10. The van der Waals surface area contributed by atoms with Gasteiger partial charge in [-0.15, -0.1) is 15.8 Å². The molecule has 2 atom stereocenters. The van der Waals surface area contributed by atoms with Gasteiger partial charge in [-0.1, -0.05) is 12.1 Å². The van der Waals surface area contributed by atoms with E-state index in [0.717, 1.165) is 18.4 Å². The van der Waals surface area contributed by atoms with Crippen molar-refractivity contribution in [1.82, 2.24) is 14.4 Å². The molecule has 2 amide bonds. The van der Waals surface area contributed by atoms with Crippen LogP contribution in [-0.2, 0) is 14.9 Å². The number of quaternary nitrogens is 1. The summed E-state index contributed by atoms with van der Waals surface area (Å²) in [6.07, 6.45) is 0.276. The third kappa shape index (κ3) is 3.09. The van der Waals surface area contributed by atoms with Crippen molar-refractivity contribution >= 4 is 35.0 Å². The predicted octanol–water partition coefficient (Wildman–Crippen LogP) is 4.74. The van der Waals surface area contributed by atoms with Gasteiger partial charge < -0.3 is 9.47 Å². The van der Waals surface area contributed by atoms with Crippen LogP contribution in [0.5, 0.6) is 0 Å². The SMILES string of the molecule is CC(C)(C)OC(=O)[N@+]1(c2ccc(C3(C#N)CC3)cc2)CN2CC(OC2=O)c2nc1cs2. The van der Waals surface area contributed by atoms with Gasteiger partial charge in [-0.25, -0.2) is 4.79 Å². The van der Waals surface area contributed by atoms with E-state index in [9.17, 15) is 14.9 Å². The molecule has 1 unspecified atom stereocenters. The van der Waals surface area contributed by atoms with E-state index in [1.807, 2.05) is 50.4 Å². The molecular formula is C22H23N4O4S+. The largest absolute Gasteiger partial charge is 0.529 e. The molecule has 1 aliphatic carbocycles. The molecule has 1 aromatic heterocycles. The van der Waals surface area contributed by atoms with Crippen LogP contribution in [0.15, 0.2) is 29.6 Å². The van der Waals surface area contributed by atoms with Crippen LogP contribution in [0.4, 0.5) is 21.1 Å². The number of fused-ring (bicyclic) bond motifs is 5. The zero-order valence-electron chi connectivity index (χ0n) is 17.6. The van der Waals surface area contributed by atoms with Crippen molar-refractivity contribution in [3.63, 3.8) is 0 Å². The van der Waals surface area contributed by atoms with Crippen LogP contribution in [0.25, 0.3) is 0 Å². The lowest BCUT2D eigenvalue weighted by Crippen LogP contribution is -2.58. The Balaban J connectivity index is 1.66. The molecule has 1 saturated heterocycles. The van der Waals surface area contributed by atoms with Crippen LogP contribution in [0.3, 0.4) is 0 Å². The summed E-state index contributed by atoms with van der Waals surface area (Å²) < 4.78 is 10.9. The van der Waals surface area contributed by atoms with Crippen molar-refractivity contribution in [2.75, 3.05) is 13.2 Å². The smallest absolute Gasteiger partial charge is 0.437 e. The lowest BCUT2D eigenvalue weighted by atomic mass is 9.97. The highest BCUT2D eigenvalue weighted by Crippen LogP contribution is 2.49. The highest BCUT2D eigenvalue weighted by atomic mass is 32.1. The molecule has 2 fully saturated rings. The second-order valence-electron chi connectivity index (χ2n) is 9.31. The van der Waals surface area contributed by atoms with Crippen LogP contribution in [0, 0.1) is 11.3 Å². The van der Waals surface area contributed by atoms with Gasteiger partial charge in [-0.2, -0.15) is 15.0 Å². The minimum Gasteiger partial charge on any atom is -0.437 e. The van der Waals surface area contributed by atoms with Crippen molar-refractivity contribution in [3.05, 3.63) is 40.2 Å². The Labute approximate surface area is 184 Å². The van der Waals surface area contributed by atoms with Crippen LogP contribution in [0.1, 0.15) is 50.3 Å². The van der Waals surface area contributed by atoms with Crippen molar-refractivity contribution < 1.29 is 19.1 Å². The predicted molar refractivity (Wildman–Crippen MR) is 114 cm³/mol. The van der Waals surface area contributed by atoms with E-state index in [1.165, 1.54) is 16.2 Å². The van der Waals surface area contributed by atoms with Gasteiger partial charge in [0.25, 0.3) is 5.82 Å². The van der Waals surface area contributed by atoms with Gasteiger partial charge >= 0.3 is 12.2 Å². The van der Waals surface area contributed by atoms with E-state index in [2.05, 4.69) is 6.07 Å². The van der Waals surface area contributed by atoms with Crippen molar-refractivity contribution in [1.29, 1.82) is 5.26 Å². The quantitative estimate of drug-likeness (QED) is 0.628. The Morgan fingerprint density at radius 3 is 2.68 bits per heavy atom. The molecule has 1 aromatic carbocycles. The van der Waals surface area contributed by atoms with Crippen LogP contribution >= 0.6 is 11.3 Å². The molecule has 1 saturated carbocycles. The summed E-state index contributed by atoms with van der Waals surface area (Å²) in [6.45, 7) is 5.79. The Morgan fingerprint density at radius 2 is 2.06 bits per heavy atom. The fourth-order valence-corrected chi connectivity index (χ4v) is 5.00. The minimum atomic E-state index is -0.726. The van der Waals surface area contributed by atoms with E-state index in [0.29, 0.717) is 23.1 Å². The highest BCUT2D eigenvalue weighted by Gasteiger charge is 2.54. The summed E-state index contributed by atoms with van der Waals surface area (Å²) in [4.78, 5) is 32.5. The van der Waals surface area contributed by atoms with Gasteiger partial charge in [0, 0.05) is 12.1 Å². The number of aromatic nitrogens is 1. The Kier molecular flexibility index (Phi) is 4.20. The summed E-state index contributed by atoms with van der Waals surface area (Å²) in [5.41, 5.74) is 0.413. The zero-order valence-corrected chi connectivity index (χ0v) is 18.4. The molecule has 9 heteroatoms. The average Bonchev–Trinajstić information content (AvgIpc) is 3.17. The maximum Gasteiger partial charge on any atom is 0.529 e.